The van der Waals surface area contributed by atoms with Crippen LogP contribution in [-0.4, -0.2) is 34.8 Å². The van der Waals surface area contributed by atoms with Crippen LogP contribution in [0.25, 0.3) is 0 Å². The maximum Gasteiger partial charge on any atom is 0.153 e. The summed E-state index contributed by atoms with van der Waals surface area (Å²) in [7, 11) is 0. The Morgan fingerprint density at radius 3 is 2.61 bits per heavy atom. The van der Waals surface area contributed by atoms with Crippen molar-refractivity contribution in [3.63, 3.8) is 0 Å². The summed E-state index contributed by atoms with van der Waals surface area (Å²) in [6, 6.07) is 16.6. The number of hydrogen-bond donors (Lipinski definition) is 0. The maximum absolute atomic E-state index is 12.9. The van der Waals surface area contributed by atoms with Crippen LogP contribution in [0.15, 0.2) is 54.7 Å². The fourth-order valence-electron chi connectivity index (χ4n) is 4.22. The van der Waals surface area contributed by atoms with Crippen LogP contribution in [0.5, 0.6) is 0 Å². The standard InChI is InChI=1S/C20H22N2O/c23-20-18-9-11-22(19(20)13-17-8-4-5-10-21-17)14-16(18)12-15-6-2-1-3-7-15/h1-8,10,16,18-19H,9,11-14H2. The molecule has 0 spiro atoms. The molecule has 4 atom stereocenters. The number of piperidine rings is 3. The Hall–Kier alpha value is -2.00. The maximum atomic E-state index is 12.9. The van der Waals surface area contributed by atoms with Crippen molar-refractivity contribution in [1.82, 2.24) is 9.88 Å². The van der Waals surface area contributed by atoms with Gasteiger partial charge in [-0.1, -0.05) is 36.4 Å². The Morgan fingerprint density at radius 1 is 1.04 bits per heavy atom. The van der Waals surface area contributed by atoms with Gasteiger partial charge in [0, 0.05) is 30.8 Å². The van der Waals surface area contributed by atoms with Gasteiger partial charge in [0.05, 0.1) is 6.04 Å². The summed E-state index contributed by atoms with van der Waals surface area (Å²) in [6.45, 7) is 2.10. The molecule has 0 N–H and O–H groups in total. The number of Topliss-reactive ketones (excluding diaryl/α,β-unsaturated/α-hetero) is 1. The van der Waals surface area contributed by atoms with Crippen molar-refractivity contribution < 1.29 is 4.79 Å². The molecule has 3 aliphatic rings. The highest BCUT2D eigenvalue weighted by atomic mass is 16.1. The van der Waals surface area contributed by atoms with Crippen molar-refractivity contribution in [2.24, 2.45) is 11.8 Å². The molecule has 3 saturated heterocycles. The monoisotopic (exact) mass is 306 g/mol. The first-order valence-corrected chi connectivity index (χ1v) is 8.53. The fourth-order valence-corrected chi connectivity index (χ4v) is 4.22. The van der Waals surface area contributed by atoms with Gasteiger partial charge in [0.15, 0.2) is 5.78 Å². The lowest BCUT2D eigenvalue weighted by Crippen LogP contribution is -2.60. The number of fused-ring (bicyclic) bond motifs is 3. The van der Waals surface area contributed by atoms with E-state index < -0.39 is 0 Å². The molecular weight excluding hydrogens is 284 g/mol. The van der Waals surface area contributed by atoms with Crippen LogP contribution >= 0.6 is 0 Å². The van der Waals surface area contributed by atoms with E-state index in [1.807, 2.05) is 30.5 Å². The van der Waals surface area contributed by atoms with Crippen molar-refractivity contribution in [2.45, 2.75) is 25.3 Å². The highest BCUT2D eigenvalue weighted by Gasteiger charge is 2.46. The van der Waals surface area contributed by atoms with Gasteiger partial charge < -0.3 is 0 Å². The molecule has 5 rings (SSSR count). The third-order valence-electron chi connectivity index (χ3n) is 5.37. The van der Waals surface area contributed by atoms with E-state index in [1.54, 1.807) is 0 Å². The molecule has 4 heterocycles. The summed E-state index contributed by atoms with van der Waals surface area (Å²) < 4.78 is 0. The molecule has 0 amide bonds. The third-order valence-corrected chi connectivity index (χ3v) is 5.37. The highest BCUT2D eigenvalue weighted by Crippen LogP contribution is 2.36. The van der Waals surface area contributed by atoms with Crippen molar-refractivity contribution in [1.29, 1.82) is 0 Å². The minimum Gasteiger partial charge on any atom is -0.298 e. The molecule has 23 heavy (non-hydrogen) atoms. The van der Waals surface area contributed by atoms with Gasteiger partial charge in [0.2, 0.25) is 0 Å². The average Bonchev–Trinajstić information content (AvgIpc) is 2.60. The summed E-state index contributed by atoms with van der Waals surface area (Å²) in [4.78, 5) is 19.7. The Morgan fingerprint density at radius 2 is 1.87 bits per heavy atom. The zero-order valence-corrected chi connectivity index (χ0v) is 13.3. The molecule has 1 aromatic heterocycles. The number of pyridine rings is 1. The van der Waals surface area contributed by atoms with E-state index in [0.717, 1.165) is 38.0 Å². The first-order chi connectivity index (χ1) is 11.3. The van der Waals surface area contributed by atoms with E-state index in [2.05, 4.69) is 34.1 Å². The van der Waals surface area contributed by atoms with Crippen LogP contribution < -0.4 is 0 Å². The summed E-state index contributed by atoms with van der Waals surface area (Å²) in [5.74, 6) is 1.14. The lowest BCUT2D eigenvalue weighted by atomic mass is 9.71. The van der Waals surface area contributed by atoms with Gasteiger partial charge in [0.25, 0.3) is 0 Å². The predicted molar refractivity (Wildman–Crippen MR) is 90.1 cm³/mol. The van der Waals surface area contributed by atoms with Gasteiger partial charge >= 0.3 is 0 Å². The molecule has 0 saturated carbocycles. The van der Waals surface area contributed by atoms with Gasteiger partial charge in [0.1, 0.15) is 0 Å². The molecule has 3 aliphatic heterocycles. The molecular formula is C20H22N2O. The van der Waals surface area contributed by atoms with Gasteiger partial charge in [-0.05, 0) is 43.0 Å². The number of rotatable bonds is 4. The van der Waals surface area contributed by atoms with E-state index in [0.29, 0.717) is 11.7 Å². The minimum atomic E-state index is 0.0377. The largest absolute Gasteiger partial charge is 0.298 e. The van der Waals surface area contributed by atoms with Gasteiger partial charge in [-0.3, -0.25) is 14.7 Å². The zero-order valence-electron chi connectivity index (χ0n) is 13.3. The summed E-state index contributed by atoms with van der Waals surface area (Å²) in [5, 5.41) is 0. The van der Waals surface area contributed by atoms with Gasteiger partial charge in [-0.15, -0.1) is 0 Å². The Bertz CT molecular complexity index is 671. The second-order valence-corrected chi connectivity index (χ2v) is 6.78. The van der Waals surface area contributed by atoms with Crippen LogP contribution in [0.4, 0.5) is 0 Å². The van der Waals surface area contributed by atoms with Crippen LogP contribution in [0, 0.1) is 11.8 Å². The normalized spacial score (nSPS) is 29.7. The molecule has 4 unspecified atom stereocenters. The van der Waals surface area contributed by atoms with E-state index in [4.69, 9.17) is 0 Å². The van der Waals surface area contributed by atoms with Crippen molar-refractivity contribution in [3.8, 4) is 0 Å². The minimum absolute atomic E-state index is 0.0377. The zero-order chi connectivity index (χ0) is 15.6. The number of carbonyl (C=O) groups is 1. The molecule has 1 aromatic carbocycles. The molecule has 0 radical (unpaired) electrons. The average molecular weight is 306 g/mol. The smallest absolute Gasteiger partial charge is 0.153 e. The molecule has 2 aromatic rings. The van der Waals surface area contributed by atoms with Gasteiger partial charge in [-0.25, -0.2) is 0 Å². The first-order valence-electron chi connectivity index (χ1n) is 8.53. The van der Waals surface area contributed by atoms with Crippen molar-refractivity contribution in [3.05, 3.63) is 66.0 Å². The molecule has 0 aliphatic carbocycles. The van der Waals surface area contributed by atoms with E-state index in [-0.39, 0.29) is 12.0 Å². The Labute approximate surface area is 137 Å². The van der Waals surface area contributed by atoms with E-state index >= 15 is 0 Å². The molecule has 3 fully saturated rings. The quantitative estimate of drug-likeness (QED) is 0.871. The summed E-state index contributed by atoms with van der Waals surface area (Å²) in [5.41, 5.74) is 2.37. The summed E-state index contributed by atoms with van der Waals surface area (Å²) >= 11 is 0. The van der Waals surface area contributed by atoms with Crippen molar-refractivity contribution >= 4 is 5.78 Å². The molecule has 3 nitrogen and oxygen atoms in total. The number of aromatic nitrogens is 1. The van der Waals surface area contributed by atoms with Crippen molar-refractivity contribution in [2.75, 3.05) is 13.1 Å². The van der Waals surface area contributed by atoms with Crippen LogP contribution in [0.1, 0.15) is 17.7 Å². The van der Waals surface area contributed by atoms with Gasteiger partial charge in [-0.2, -0.15) is 0 Å². The SMILES string of the molecule is O=C1C2CCN(CC2Cc2ccccc2)C1Cc1ccccn1. The van der Waals surface area contributed by atoms with E-state index in [9.17, 15) is 4.79 Å². The predicted octanol–water partition coefficient (Wildman–Crippen LogP) is 2.76. The number of benzene rings is 1. The molecule has 2 bridgehead atoms. The molecule has 3 heteroatoms. The molecule has 118 valence electrons. The van der Waals surface area contributed by atoms with Crippen LogP contribution in [0.3, 0.4) is 0 Å². The lowest BCUT2D eigenvalue weighted by molar-refractivity contribution is -0.141. The summed E-state index contributed by atoms with van der Waals surface area (Å²) in [6.07, 6.45) is 4.61. The topological polar surface area (TPSA) is 33.2 Å². The van der Waals surface area contributed by atoms with Crippen LogP contribution in [-0.2, 0) is 17.6 Å². The third kappa shape index (κ3) is 2.93. The Kier molecular flexibility index (Phi) is 3.96. The second kappa shape index (κ2) is 6.25. The lowest BCUT2D eigenvalue weighted by Gasteiger charge is -2.48. The number of ketones is 1. The highest BCUT2D eigenvalue weighted by molar-refractivity contribution is 5.88. The fraction of sp³-hybridized carbons (Fsp3) is 0.400. The van der Waals surface area contributed by atoms with Crippen LogP contribution in [0.2, 0.25) is 0 Å². The van der Waals surface area contributed by atoms with E-state index in [1.165, 1.54) is 5.56 Å². The number of carbonyl (C=O) groups excluding carboxylic acids is 1. The first kappa shape index (κ1) is 14.6. The Balaban J connectivity index is 1.48. The second-order valence-electron chi connectivity index (χ2n) is 6.78. The number of hydrogen-bond acceptors (Lipinski definition) is 3. The number of nitrogens with zero attached hydrogens (tertiary/aromatic N) is 2.